The Morgan fingerprint density at radius 2 is 2.18 bits per heavy atom. The van der Waals surface area contributed by atoms with Gasteiger partial charge in [-0.1, -0.05) is 0 Å². The van der Waals surface area contributed by atoms with Gasteiger partial charge in [-0.25, -0.2) is 4.98 Å². The highest BCUT2D eigenvalue weighted by Crippen LogP contribution is 2.25. The second-order valence-electron chi connectivity index (χ2n) is 4.32. The van der Waals surface area contributed by atoms with E-state index < -0.39 is 0 Å². The molecule has 0 atom stereocenters. The van der Waals surface area contributed by atoms with Crippen LogP contribution in [0.25, 0.3) is 11.2 Å². The summed E-state index contributed by atoms with van der Waals surface area (Å²) in [6.45, 7) is 2.04. The first-order valence-electron chi connectivity index (χ1n) is 5.89. The molecule has 2 aromatic heterocycles. The molecule has 0 aromatic carbocycles. The molecule has 1 aliphatic rings. The van der Waals surface area contributed by atoms with E-state index in [4.69, 9.17) is 4.74 Å². The maximum Gasteiger partial charge on any atom is 0.234 e. The van der Waals surface area contributed by atoms with E-state index >= 15 is 0 Å². The lowest BCUT2D eigenvalue weighted by molar-refractivity contribution is 0.397. The molecule has 1 aliphatic heterocycles. The van der Waals surface area contributed by atoms with Crippen molar-refractivity contribution in [2.24, 2.45) is 7.05 Å². The smallest absolute Gasteiger partial charge is 0.234 e. The van der Waals surface area contributed by atoms with Gasteiger partial charge in [0.05, 0.1) is 13.3 Å². The summed E-state index contributed by atoms with van der Waals surface area (Å²) in [4.78, 5) is 8.98. The molecule has 0 radical (unpaired) electrons. The minimum absolute atomic E-state index is 0.575. The van der Waals surface area contributed by atoms with Crippen molar-refractivity contribution in [3.8, 4) is 5.88 Å². The molecule has 0 unspecified atom stereocenters. The Kier molecular flexibility index (Phi) is 2.48. The van der Waals surface area contributed by atoms with Gasteiger partial charge in [0.2, 0.25) is 5.88 Å². The Balaban J connectivity index is 2.25. The fourth-order valence-electron chi connectivity index (χ4n) is 2.50. The number of fused-ring (bicyclic) bond motifs is 3. The van der Waals surface area contributed by atoms with E-state index in [0.29, 0.717) is 5.88 Å². The van der Waals surface area contributed by atoms with Crippen molar-refractivity contribution in [3.63, 3.8) is 0 Å². The normalized spacial score (nSPS) is 15.6. The largest absolute Gasteiger partial charge is 0.480 e. The van der Waals surface area contributed by atoms with Gasteiger partial charge in [0.15, 0.2) is 5.65 Å². The predicted octanol–water partition coefficient (Wildman–Crippen LogP) is 0.665. The van der Waals surface area contributed by atoms with Crippen molar-refractivity contribution < 1.29 is 4.74 Å². The third-order valence-corrected chi connectivity index (χ3v) is 3.39. The quantitative estimate of drug-likeness (QED) is 0.785. The Bertz CT molecular complexity index is 561. The SMILES string of the molecule is COc1cnc2c3c(n(C)c2n1)CCNCC3. The summed E-state index contributed by atoms with van der Waals surface area (Å²) in [5.74, 6) is 0.575. The standard InChI is InChI=1S/C12H16N4O/c1-16-9-4-6-13-5-3-8(9)11-12(16)15-10(17-2)7-14-11/h7,13H,3-6H2,1-2H3. The molecule has 0 bridgehead atoms. The lowest BCUT2D eigenvalue weighted by atomic mass is 10.1. The molecule has 3 heterocycles. The first kappa shape index (κ1) is 10.5. The molecule has 0 amide bonds. The zero-order valence-corrected chi connectivity index (χ0v) is 10.2. The van der Waals surface area contributed by atoms with E-state index in [9.17, 15) is 0 Å². The molecule has 1 N–H and O–H groups in total. The van der Waals surface area contributed by atoms with Crippen LogP contribution in [0.3, 0.4) is 0 Å². The average Bonchev–Trinajstić information content (AvgIpc) is 2.57. The van der Waals surface area contributed by atoms with Crippen molar-refractivity contribution in [2.45, 2.75) is 12.8 Å². The zero-order chi connectivity index (χ0) is 11.8. The molecule has 3 rings (SSSR count). The first-order chi connectivity index (χ1) is 8.31. The van der Waals surface area contributed by atoms with Crippen LogP contribution in [0.1, 0.15) is 11.3 Å². The molecule has 5 nitrogen and oxygen atoms in total. The van der Waals surface area contributed by atoms with Gasteiger partial charge >= 0.3 is 0 Å². The Morgan fingerprint density at radius 3 is 3.00 bits per heavy atom. The van der Waals surface area contributed by atoms with Crippen LogP contribution < -0.4 is 10.1 Å². The Labute approximate surface area is 99.8 Å². The first-order valence-corrected chi connectivity index (χ1v) is 5.89. The number of nitrogens with zero attached hydrogens (tertiary/aromatic N) is 3. The third kappa shape index (κ3) is 1.58. The van der Waals surface area contributed by atoms with E-state index in [-0.39, 0.29) is 0 Å². The molecule has 0 spiro atoms. The number of hydrogen-bond donors (Lipinski definition) is 1. The summed E-state index contributed by atoms with van der Waals surface area (Å²) in [6.07, 6.45) is 3.75. The van der Waals surface area contributed by atoms with Gasteiger partial charge in [0.25, 0.3) is 0 Å². The van der Waals surface area contributed by atoms with Gasteiger partial charge in [0.1, 0.15) is 5.52 Å². The van der Waals surface area contributed by atoms with Gasteiger partial charge in [-0.15, -0.1) is 0 Å². The second kappa shape index (κ2) is 4.00. The molecule has 2 aromatic rings. The van der Waals surface area contributed by atoms with Crippen LogP contribution >= 0.6 is 0 Å². The monoisotopic (exact) mass is 232 g/mol. The predicted molar refractivity (Wildman–Crippen MR) is 65.3 cm³/mol. The number of ether oxygens (including phenoxy) is 1. The molecular weight excluding hydrogens is 216 g/mol. The van der Waals surface area contributed by atoms with Crippen LogP contribution in [0.5, 0.6) is 5.88 Å². The molecule has 17 heavy (non-hydrogen) atoms. The minimum Gasteiger partial charge on any atom is -0.480 e. The van der Waals surface area contributed by atoms with Gasteiger partial charge < -0.3 is 14.6 Å². The maximum atomic E-state index is 5.13. The molecule has 90 valence electrons. The van der Waals surface area contributed by atoms with Crippen LogP contribution in [0.2, 0.25) is 0 Å². The van der Waals surface area contributed by atoms with E-state index in [0.717, 1.165) is 37.1 Å². The number of hydrogen-bond acceptors (Lipinski definition) is 4. The third-order valence-electron chi connectivity index (χ3n) is 3.39. The van der Waals surface area contributed by atoms with E-state index in [1.807, 2.05) is 0 Å². The Morgan fingerprint density at radius 1 is 1.35 bits per heavy atom. The summed E-state index contributed by atoms with van der Waals surface area (Å²) in [7, 11) is 3.67. The number of methoxy groups -OCH3 is 1. The summed E-state index contributed by atoms with van der Waals surface area (Å²) in [6, 6.07) is 0. The van der Waals surface area contributed by atoms with Gasteiger partial charge in [0, 0.05) is 31.3 Å². The average molecular weight is 232 g/mol. The highest BCUT2D eigenvalue weighted by Gasteiger charge is 2.19. The highest BCUT2D eigenvalue weighted by atomic mass is 16.5. The minimum atomic E-state index is 0.575. The molecular formula is C12H16N4O. The van der Waals surface area contributed by atoms with Crippen LogP contribution in [0.4, 0.5) is 0 Å². The van der Waals surface area contributed by atoms with Gasteiger partial charge in [-0.05, 0) is 13.0 Å². The van der Waals surface area contributed by atoms with Crippen LogP contribution in [0.15, 0.2) is 6.20 Å². The van der Waals surface area contributed by atoms with Crippen molar-refractivity contribution in [1.29, 1.82) is 0 Å². The van der Waals surface area contributed by atoms with Crippen molar-refractivity contribution in [3.05, 3.63) is 17.5 Å². The molecule has 0 aliphatic carbocycles. The van der Waals surface area contributed by atoms with E-state index in [2.05, 4.69) is 26.9 Å². The second-order valence-corrected chi connectivity index (χ2v) is 4.32. The van der Waals surface area contributed by atoms with E-state index in [1.54, 1.807) is 13.3 Å². The summed E-state index contributed by atoms with van der Waals surface area (Å²) >= 11 is 0. The molecule has 5 heteroatoms. The summed E-state index contributed by atoms with van der Waals surface area (Å²) in [5, 5.41) is 3.41. The molecule has 0 saturated carbocycles. The molecule has 0 fully saturated rings. The van der Waals surface area contributed by atoms with Crippen LogP contribution in [-0.2, 0) is 19.9 Å². The fraction of sp³-hybridized carbons (Fsp3) is 0.500. The number of rotatable bonds is 1. The topological polar surface area (TPSA) is 52.0 Å². The van der Waals surface area contributed by atoms with Crippen LogP contribution in [-0.4, -0.2) is 34.7 Å². The zero-order valence-electron chi connectivity index (χ0n) is 10.2. The summed E-state index contributed by atoms with van der Waals surface area (Å²) < 4.78 is 7.28. The Hall–Kier alpha value is -1.62. The fourth-order valence-corrected chi connectivity index (χ4v) is 2.50. The number of aromatic nitrogens is 3. The van der Waals surface area contributed by atoms with Crippen molar-refractivity contribution >= 4 is 11.2 Å². The lowest BCUT2D eigenvalue weighted by Gasteiger charge is -2.03. The maximum absolute atomic E-state index is 5.13. The van der Waals surface area contributed by atoms with E-state index in [1.165, 1.54) is 11.3 Å². The van der Waals surface area contributed by atoms with Gasteiger partial charge in [-0.2, -0.15) is 4.98 Å². The van der Waals surface area contributed by atoms with Crippen LogP contribution in [0, 0.1) is 0 Å². The number of aryl methyl sites for hydroxylation is 1. The molecule has 0 saturated heterocycles. The van der Waals surface area contributed by atoms with Crippen molar-refractivity contribution in [2.75, 3.05) is 20.2 Å². The summed E-state index contributed by atoms with van der Waals surface area (Å²) in [5.41, 5.74) is 4.63. The van der Waals surface area contributed by atoms with Crippen molar-refractivity contribution in [1.82, 2.24) is 19.9 Å². The van der Waals surface area contributed by atoms with Gasteiger partial charge in [-0.3, -0.25) is 0 Å². The lowest BCUT2D eigenvalue weighted by Crippen LogP contribution is -2.17. The number of nitrogens with one attached hydrogen (secondary N) is 1. The highest BCUT2D eigenvalue weighted by molar-refractivity contribution is 5.78.